The normalized spacial score (nSPS) is 11.3. The number of hydrogen-bond donors (Lipinski definition) is 2. The first-order chi connectivity index (χ1) is 8.90. The van der Waals surface area contributed by atoms with E-state index in [0.717, 1.165) is 0 Å². The van der Waals surface area contributed by atoms with E-state index in [2.05, 4.69) is 5.11 Å². The van der Waals surface area contributed by atoms with Crippen LogP contribution in [0.25, 0.3) is 0 Å². The molecule has 0 saturated heterocycles. The highest BCUT2D eigenvalue weighted by Crippen LogP contribution is 2.22. The van der Waals surface area contributed by atoms with Crippen LogP contribution in [0.3, 0.4) is 0 Å². The van der Waals surface area contributed by atoms with Gasteiger partial charge in [-0.05, 0) is 49.4 Å². The lowest BCUT2D eigenvalue weighted by atomic mass is 10.0. The number of carbonyl (C=O) groups excluding carboxylic acids is 1. The van der Waals surface area contributed by atoms with Crippen molar-refractivity contribution in [3.05, 3.63) is 28.8 Å². The first kappa shape index (κ1) is 15.5. The number of benzene rings is 1. The lowest BCUT2D eigenvalue weighted by Gasteiger charge is -2.10. The summed E-state index contributed by atoms with van der Waals surface area (Å²) in [6, 6.07) is 2.80. The highest BCUT2D eigenvalue weighted by atomic mass is 32.2. The molecule has 0 spiro atoms. The van der Waals surface area contributed by atoms with Crippen molar-refractivity contribution in [2.45, 2.75) is 31.1 Å². The Morgan fingerprint density at radius 3 is 2.58 bits per heavy atom. The molecule has 0 aromatic heterocycles. The Kier molecular flexibility index (Phi) is 5.31. The second-order valence-electron chi connectivity index (χ2n) is 4.25. The predicted molar refractivity (Wildman–Crippen MR) is 69.3 cm³/mol. The standard InChI is InChI=1S/C12H16N2O4S/c1-9-6-12(19(16,17)18)10(7-11(9)8-15)4-2-3-5-14-13/h6-8,13H,2-5H2,1H3,(H,16,17,18). The Morgan fingerprint density at radius 1 is 1.37 bits per heavy atom. The summed E-state index contributed by atoms with van der Waals surface area (Å²) in [5, 5.41) is 3.21. The van der Waals surface area contributed by atoms with Crippen molar-refractivity contribution in [1.29, 1.82) is 5.53 Å². The Morgan fingerprint density at radius 2 is 2.05 bits per heavy atom. The van der Waals surface area contributed by atoms with Crippen molar-refractivity contribution < 1.29 is 17.8 Å². The summed E-state index contributed by atoms with van der Waals surface area (Å²) in [5.74, 6) is 0. The molecule has 1 aromatic carbocycles. The molecule has 0 aliphatic heterocycles. The van der Waals surface area contributed by atoms with E-state index >= 15 is 0 Å². The SMILES string of the molecule is Cc1cc(S(=O)(=O)O)c(CCCCN=N)cc1C=O. The Balaban J connectivity index is 3.11. The number of unbranched alkanes of at least 4 members (excludes halogenated alkanes) is 1. The number of carbonyl (C=O) groups is 1. The van der Waals surface area contributed by atoms with Crippen LogP contribution in [0, 0.1) is 12.5 Å². The van der Waals surface area contributed by atoms with Crippen LogP contribution in [0.15, 0.2) is 22.1 Å². The van der Waals surface area contributed by atoms with E-state index < -0.39 is 10.1 Å². The number of nitrogens with one attached hydrogen (secondary N) is 1. The van der Waals surface area contributed by atoms with Crippen LogP contribution >= 0.6 is 0 Å². The number of aryl methyl sites for hydroxylation is 2. The Bertz CT molecular complexity index is 582. The zero-order chi connectivity index (χ0) is 14.5. The van der Waals surface area contributed by atoms with Crippen molar-refractivity contribution in [3.8, 4) is 0 Å². The number of rotatable bonds is 7. The molecule has 2 N–H and O–H groups in total. The van der Waals surface area contributed by atoms with Crippen molar-refractivity contribution in [2.75, 3.05) is 6.54 Å². The minimum atomic E-state index is -4.30. The van der Waals surface area contributed by atoms with Crippen LogP contribution in [-0.4, -0.2) is 25.8 Å². The molecule has 0 bridgehead atoms. The molecule has 0 amide bonds. The van der Waals surface area contributed by atoms with Gasteiger partial charge < -0.3 is 0 Å². The van der Waals surface area contributed by atoms with Gasteiger partial charge in [-0.2, -0.15) is 13.5 Å². The molecular weight excluding hydrogens is 268 g/mol. The summed E-state index contributed by atoms with van der Waals surface area (Å²) in [6.45, 7) is 1.99. The molecular formula is C12H16N2O4S. The van der Waals surface area contributed by atoms with E-state index in [1.54, 1.807) is 6.92 Å². The van der Waals surface area contributed by atoms with Crippen LogP contribution in [0.5, 0.6) is 0 Å². The second-order valence-corrected chi connectivity index (χ2v) is 5.64. The molecule has 6 nitrogen and oxygen atoms in total. The van der Waals surface area contributed by atoms with Gasteiger partial charge in [0.25, 0.3) is 10.1 Å². The van der Waals surface area contributed by atoms with Crippen LogP contribution < -0.4 is 0 Å². The first-order valence-electron chi connectivity index (χ1n) is 5.79. The molecule has 0 aliphatic carbocycles. The van der Waals surface area contributed by atoms with Crippen molar-refractivity contribution >= 4 is 16.4 Å². The summed E-state index contributed by atoms with van der Waals surface area (Å²) in [6.07, 6.45) is 2.35. The molecule has 0 unspecified atom stereocenters. The molecule has 104 valence electrons. The number of nitrogens with zero attached hydrogens (tertiary/aromatic N) is 1. The molecule has 0 aliphatic rings. The van der Waals surface area contributed by atoms with E-state index in [9.17, 15) is 17.8 Å². The summed E-state index contributed by atoms with van der Waals surface area (Å²) >= 11 is 0. The summed E-state index contributed by atoms with van der Waals surface area (Å²) < 4.78 is 31.8. The number of aldehydes is 1. The summed E-state index contributed by atoms with van der Waals surface area (Å²) in [5.41, 5.74) is 8.00. The van der Waals surface area contributed by atoms with Gasteiger partial charge in [0.1, 0.15) is 6.29 Å². The van der Waals surface area contributed by atoms with Gasteiger partial charge in [-0.3, -0.25) is 9.35 Å². The fourth-order valence-corrected chi connectivity index (χ4v) is 2.63. The molecule has 0 atom stereocenters. The van der Waals surface area contributed by atoms with Crippen molar-refractivity contribution in [3.63, 3.8) is 0 Å². The molecule has 0 saturated carbocycles. The van der Waals surface area contributed by atoms with Crippen LogP contribution in [-0.2, 0) is 16.5 Å². The molecule has 0 heterocycles. The highest BCUT2D eigenvalue weighted by molar-refractivity contribution is 7.85. The zero-order valence-electron chi connectivity index (χ0n) is 10.6. The molecule has 1 aromatic rings. The fourth-order valence-electron chi connectivity index (χ4n) is 1.81. The third-order valence-electron chi connectivity index (χ3n) is 2.82. The molecule has 19 heavy (non-hydrogen) atoms. The molecule has 7 heteroatoms. The highest BCUT2D eigenvalue weighted by Gasteiger charge is 2.17. The average molecular weight is 284 g/mol. The average Bonchev–Trinajstić information content (AvgIpc) is 2.34. The molecule has 1 rings (SSSR count). The van der Waals surface area contributed by atoms with Gasteiger partial charge in [-0.25, -0.2) is 5.53 Å². The van der Waals surface area contributed by atoms with Crippen molar-refractivity contribution in [2.24, 2.45) is 5.11 Å². The lowest BCUT2D eigenvalue weighted by molar-refractivity contribution is 0.112. The third kappa shape index (κ3) is 4.22. The van der Waals surface area contributed by atoms with Gasteiger partial charge in [0.15, 0.2) is 0 Å². The van der Waals surface area contributed by atoms with E-state index in [0.29, 0.717) is 48.8 Å². The maximum absolute atomic E-state index is 11.3. The van der Waals surface area contributed by atoms with E-state index in [1.807, 2.05) is 0 Å². The summed E-state index contributed by atoms with van der Waals surface area (Å²) in [7, 11) is -4.30. The van der Waals surface area contributed by atoms with Gasteiger partial charge in [0, 0.05) is 5.56 Å². The van der Waals surface area contributed by atoms with Crippen molar-refractivity contribution in [1.82, 2.24) is 0 Å². The quantitative estimate of drug-likeness (QED) is 0.347. The molecule has 0 fully saturated rings. The van der Waals surface area contributed by atoms with Gasteiger partial charge in [0.05, 0.1) is 11.4 Å². The lowest BCUT2D eigenvalue weighted by Crippen LogP contribution is -2.06. The zero-order valence-corrected chi connectivity index (χ0v) is 11.4. The Labute approximate surface area is 112 Å². The topological polar surface area (TPSA) is 108 Å². The first-order valence-corrected chi connectivity index (χ1v) is 7.23. The van der Waals surface area contributed by atoms with E-state index in [4.69, 9.17) is 5.53 Å². The molecule has 0 radical (unpaired) electrons. The maximum Gasteiger partial charge on any atom is 0.294 e. The largest absolute Gasteiger partial charge is 0.298 e. The Hall–Kier alpha value is -1.60. The minimum absolute atomic E-state index is 0.154. The monoisotopic (exact) mass is 284 g/mol. The van der Waals surface area contributed by atoms with Gasteiger partial charge >= 0.3 is 0 Å². The minimum Gasteiger partial charge on any atom is -0.298 e. The maximum atomic E-state index is 11.3. The summed E-state index contributed by atoms with van der Waals surface area (Å²) in [4.78, 5) is 10.7. The van der Waals surface area contributed by atoms with Gasteiger partial charge in [-0.15, -0.1) is 0 Å². The predicted octanol–water partition coefficient (Wildman–Crippen LogP) is 2.41. The smallest absolute Gasteiger partial charge is 0.294 e. The van der Waals surface area contributed by atoms with Crippen LogP contribution in [0.4, 0.5) is 0 Å². The van der Waals surface area contributed by atoms with Crippen LogP contribution in [0.2, 0.25) is 0 Å². The van der Waals surface area contributed by atoms with Crippen LogP contribution in [0.1, 0.15) is 34.3 Å². The van der Waals surface area contributed by atoms with E-state index in [-0.39, 0.29) is 4.90 Å². The third-order valence-corrected chi connectivity index (χ3v) is 3.76. The fraction of sp³-hybridized carbons (Fsp3) is 0.417. The second kappa shape index (κ2) is 6.53. The number of hydrogen-bond acceptors (Lipinski definition) is 5. The van der Waals surface area contributed by atoms with Gasteiger partial charge in [-0.1, -0.05) is 0 Å². The van der Waals surface area contributed by atoms with Gasteiger partial charge in [0.2, 0.25) is 0 Å². The van der Waals surface area contributed by atoms with E-state index in [1.165, 1.54) is 12.1 Å².